The zero-order valence-electron chi connectivity index (χ0n) is 14.2. The normalized spacial score (nSPS) is 15.0. The maximum atomic E-state index is 12.1. The first-order valence-electron chi connectivity index (χ1n) is 8.51. The number of hydrogen-bond donors (Lipinski definition) is 1. The molecule has 0 aliphatic carbocycles. The van der Waals surface area contributed by atoms with Gasteiger partial charge in [-0.2, -0.15) is 0 Å². The minimum Gasteiger partial charge on any atom is -0.379 e. The van der Waals surface area contributed by atoms with Crippen molar-refractivity contribution in [1.82, 2.24) is 14.8 Å². The molecular weight excluding hydrogens is 318 g/mol. The molecule has 6 nitrogen and oxygen atoms in total. The lowest BCUT2D eigenvalue weighted by atomic mass is 10.1. The van der Waals surface area contributed by atoms with Crippen LogP contribution in [0.5, 0.6) is 0 Å². The van der Waals surface area contributed by atoms with E-state index in [1.54, 1.807) is 18.3 Å². The summed E-state index contributed by atoms with van der Waals surface area (Å²) in [5, 5.41) is 2.91. The second kappa shape index (κ2) is 8.60. The fraction of sp³-hybridized carbons (Fsp3) is 0.368. The number of nitrogens with one attached hydrogen (secondary N) is 1. The molecule has 0 saturated carbocycles. The van der Waals surface area contributed by atoms with Crippen LogP contribution in [0.3, 0.4) is 0 Å². The first-order valence-corrected chi connectivity index (χ1v) is 8.51. The topological polar surface area (TPSA) is 63.6 Å². The second-order valence-corrected chi connectivity index (χ2v) is 6.10. The molecule has 2 heterocycles. The average Bonchev–Trinajstić information content (AvgIpc) is 2.64. The number of benzene rings is 1. The molecule has 1 N–H and O–H groups in total. The van der Waals surface area contributed by atoms with E-state index in [0.29, 0.717) is 6.54 Å². The number of aromatic nitrogens is 1. The van der Waals surface area contributed by atoms with Gasteiger partial charge in [0, 0.05) is 38.4 Å². The summed E-state index contributed by atoms with van der Waals surface area (Å²) >= 11 is 0. The summed E-state index contributed by atoms with van der Waals surface area (Å²) in [7, 11) is 0. The molecule has 0 unspecified atom stereocenters. The van der Waals surface area contributed by atoms with E-state index in [1.165, 1.54) is 16.2 Å². The van der Waals surface area contributed by atoms with Crippen molar-refractivity contribution in [2.75, 3.05) is 26.3 Å². The van der Waals surface area contributed by atoms with E-state index < -0.39 is 0 Å². The van der Waals surface area contributed by atoms with Gasteiger partial charge in [0.1, 0.15) is 6.54 Å². The van der Waals surface area contributed by atoms with Gasteiger partial charge in [0.25, 0.3) is 5.56 Å². The first kappa shape index (κ1) is 17.4. The molecule has 0 bridgehead atoms. The quantitative estimate of drug-likeness (QED) is 0.851. The molecule has 0 spiro atoms. The van der Waals surface area contributed by atoms with Crippen LogP contribution in [-0.4, -0.2) is 41.7 Å². The van der Waals surface area contributed by atoms with Crippen molar-refractivity contribution >= 4 is 5.91 Å². The van der Waals surface area contributed by atoms with E-state index in [-0.39, 0.29) is 18.0 Å². The zero-order valence-corrected chi connectivity index (χ0v) is 14.2. The lowest BCUT2D eigenvalue weighted by Gasteiger charge is -2.27. The maximum absolute atomic E-state index is 12.1. The summed E-state index contributed by atoms with van der Waals surface area (Å²) in [5.74, 6) is -0.172. The third-order valence-electron chi connectivity index (χ3n) is 4.31. The van der Waals surface area contributed by atoms with Crippen molar-refractivity contribution in [3.63, 3.8) is 0 Å². The predicted molar refractivity (Wildman–Crippen MR) is 95.1 cm³/mol. The molecule has 1 fully saturated rings. The van der Waals surface area contributed by atoms with Gasteiger partial charge in [-0.25, -0.2) is 0 Å². The van der Waals surface area contributed by atoms with Crippen molar-refractivity contribution in [3.05, 3.63) is 70.1 Å². The minimum absolute atomic E-state index is 0.0330. The fourth-order valence-electron chi connectivity index (χ4n) is 2.88. The molecule has 0 atom stereocenters. The molecular formula is C19H23N3O3. The summed E-state index contributed by atoms with van der Waals surface area (Å²) in [4.78, 5) is 26.2. The van der Waals surface area contributed by atoms with Crippen molar-refractivity contribution in [3.8, 4) is 0 Å². The van der Waals surface area contributed by atoms with Gasteiger partial charge < -0.3 is 14.6 Å². The minimum atomic E-state index is -0.176. The summed E-state index contributed by atoms with van der Waals surface area (Å²) in [5.41, 5.74) is 2.13. The summed E-state index contributed by atoms with van der Waals surface area (Å²) < 4.78 is 6.78. The van der Waals surface area contributed by atoms with Crippen LogP contribution in [0.25, 0.3) is 0 Å². The molecule has 2 aromatic rings. The number of ether oxygens (including phenoxy) is 1. The van der Waals surface area contributed by atoms with Gasteiger partial charge in [0.15, 0.2) is 0 Å². The Bertz CT molecular complexity index is 766. The van der Waals surface area contributed by atoms with Crippen LogP contribution < -0.4 is 10.9 Å². The molecule has 1 amide bonds. The lowest BCUT2D eigenvalue weighted by molar-refractivity contribution is -0.121. The highest BCUT2D eigenvalue weighted by Gasteiger charge is 2.13. The second-order valence-electron chi connectivity index (χ2n) is 6.10. The Balaban J connectivity index is 1.58. The molecule has 1 aromatic heterocycles. The van der Waals surface area contributed by atoms with Crippen molar-refractivity contribution in [2.45, 2.75) is 19.6 Å². The highest BCUT2D eigenvalue weighted by atomic mass is 16.5. The maximum Gasteiger partial charge on any atom is 0.250 e. The van der Waals surface area contributed by atoms with Crippen molar-refractivity contribution in [2.24, 2.45) is 0 Å². The fourth-order valence-corrected chi connectivity index (χ4v) is 2.88. The Morgan fingerprint density at radius 1 is 1.04 bits per heavy atom. The van der Waals surface area contributed by atoms with Gasteiger partial charge in [-0.1, -0.05) is 30.3 Å². The predicted octanol–water partition coefficient (Wildman–Crippen LogP) is 0.997. The lowest BCUT2D eigenvalue weighted by Crippen LogP contribution is -2.36. The van der Waals surface area contributed by atoms with Gasteiger partial charge in [-0.05, 0) is 17.2 Å². The summed E-state index contributed by atoms with van der Waals surface area (Å²) in [6.45, 7) is 4.74. The molecule has 0 radical (unpaired) electrons. The largest absolute Gasteiger partial charge is 0.379 e. The van der Waals surface area contributed by atoms with Gasteiger partial charge in [-0.15, -0.1) is 0 Å². The average molecular weight is 341 g/mol. The number of nitrogens with zero attached hydrogens (tertiary/aromatic N) is 2. The first-order chi connectivity index (χ1) is 12.2. The number of carbonyl (C=O) groups is 1. The van der Waals surface area contributed by atoms with E-state index in [0.717, 1.165) is 38.4 Å². The number of hydrogen-bond acceptors (Lipinski definition) is 4. The molecule has 1 aliphatic heterocycles. The Kier molecular flexibility index (Phi) is 5.98. The Labute approximate surface area is 147 Å². The van der Waals surface area contributed by atoms with Gasteiger partial charge in [0.2, 0.25) is 5.91 Å². The standard InChI is InChI=1S/C19H23N3O3/c23-18(15-22-8-4-3-7-19(22)24)20-13-16-5-1-2-6-17(16)14-21-9-11-25-12-10-21/h1-8H,9-15H2,(H,20,23). The molecule has 132 valence electrons. The number of carbonyl (C=O) groups excluding carboxylic acids is 1. The van der Waals surface area contributed by atoms with Gasteiger partial charge in [0.05, 0.1) is 13.2 Å². The molecule has 1 aliphatic rings. The van der Waals surface area contributed by atoms with Crippen LogP contribution in [0.2, 0.25) is 0 Å². The SMILES string of the molecule is O=C(Cn1ccccc1=O)NCc1ccccc1CN1CCOCC1. The molecule has 3 rings (SSSR count). The highest BCUT2D eigenvalue weighted by Crippen LogP contribution is 2.13. The monoisotopic (exact) mass is 341 g/mol. The van der Waals surface area contributed by atoms with Crippen LogP contribution in [0.1, 0.15) is 11.1 Å². The summed E-state index contributed by atoms with van der Waals surface area (Å²) in [6.07, 6.45) is 1.62. The van der Waals surface area contributed by atoms with Crippen molar-refractivity contribution in [1.29, 1.82) is 0 Å². The smallest absolute Gasteiger partial charge is 0.250 e. The van der Waals surface area contributed by atoms with E-state index in [2.05, 4.69) is 16.3 Å². The zero-order chi connectivity index (χ0) is 17.5. The number of morpholine rings is 1. The van der Waals surface area contributed by atoms with E-state index in [1.807, 2.05) is 18.2 Å². The number of amides is 1. The van der Waals surface area contributed by atoms with E-state index >= 15 is 0 Å². The number of rotatable bonds is 6. The van der Waals surface area contributed by atoms with E-state index in [4.69, 9.17) is 4.74 Å². The van der Waals surface area contributed by atoms with Gasteiger partial charge in [-0.3, -0.25) is 14.5 Å². The van der Waals surface area contributed by atoms with Crippen LogP contribution in [0.15, 0.2) is 53.5 Å². The highest BCUT2D eigenvalue weighted by molar-refractivity contribution is 5.75. The van der Waals surface area contributed by atoms with Crippen LogP contribution in [0, 0.1) is 0 Å². The Morgan fingerprint density at radius 3 is 2.52 bits per heavy atom. The molecule has 6 heteroatoms. The van der Waals surface area contributed by atoms with Crippen molar-refractivity contribution < 1.29 is 9.53 Å². The Hall–Kier alpha value is -2.44. The molecule has 1 saturated heterocycles. The molecule has 1 aromatic carbocycles. The van der Waals surface area contributed by atoms with Crippen LogP contribution in [-0.2, 0) is 29.2 Å². The number of pyridine rings is 1. The van der Waals surface area contributed by atoms with E-state index in [9.17, 15) is 9.59 Å². The summed E-state index contributed by atoms with van der Waals surface area (Å²) in [6, 6.07) is 13.0. The third-order valence-corrected chi connectivity index (χ3v) is 4.31. The van der Waals surface area contributed by atoms with Crippen LogP contribution >= 0.6 is 0 Å². The molecule has 25 heavy (non-hydrogen) atoms. The Morgan fingerprint density at radius 2 is 1.76 bits per heavy atom. The van der Waals surface area contributed by atoms with Gasteiger partial charge >= 0.3 is 0 Å². The third kappa shape index (κ3) is 5.01. The van der Waals surface area contributed by atoms with Crippen LogP contribution in [0.4, 0.5) is 0 Å².